The zero-order valence-electron chi connectivity index (χ0n) is 44.2. The van der Waals surface area contributed by atoms with Gasteiger partial charge >= 0.3 is 11.9 Å². The van der Waals surface area contributed by atoms with Crippen molar-refractivity contribution < 1.29 is 23.8 Å². The van der Waals surface area contributed by atoms with Gasteiger partial charge in [0.05, 0.1) is 6.61 Å². The molecule has 5 heteroatoms. The number of unbranched alkanes of at least 4 members (excludes halogenated alkanes) is 32. The molecule has 0 heterocycles. The maximum absolute atomic E-state index is 12.8. The summed E-state index contributed by atoms with van der Waals surface area (Å²) in [5, 5.41) is 0. The Kier molecular flexibility index (Phi) is 54.9. The predicted molar refractivity (Wildman–Crippen MR) is 288 cm³/mol. The van der Waals surface area contributed by atoms with Crippen LogP contribution in [0.5, 0.6) is 0 Å². The van der Waals surface area contributed by atoms with Crippen molar-refractivity contribution in [2.45, 2.75) is 297 Å². The minimum atomic E-state index is -0.543. The lowest BCUT2D eigenvalue weighted by atomic mass is 10.0. The summed E-state index contributed by atoms with van der Waals surface area (Å²) in [5.41, 5.74) is 0. The zero-order valence-corrected chi connectivity index (χ0v) is 44.2. The van der Waals surface area contributed by atoms with Crippen molar-refractivity contribution in [3.05, 3.63) is 60.8 Å². The van der Waals surface area contributed by atoms with Crippen molar-refractivity contribution >= 4 is 11.9 Å². The smallest absolute Gasteiger partial charge is 0.306 e. The molecular weight excluding hydrogens is 813 g/mol. The summed E-state index contributed by atoms with van der Waals surface area (Å²) in [6, 6.07) is 0. The molecule has 384 valence electrons. The molecule has 0 aromatic heterocycles. The van der Waals surface area contributed by atoms with Gasteiger partial charge in [-0.3, -0.25) is 9.59 Å². The molecule has 0 radical (unpaired) electrons. The maximum Gasteiger partial charge on any atom is 0.306 e. The quantitative estimate of drug-likeness (QED) is 0.0346. The topological polar surface area (TPSA) is 61.8 Å². The molecule has 0 fully saturated rings. The average molecular weight is 924 g/mol. The Hall–Kier alpha value is -2.40. The van der Waals surface area contributed by atoms with Crippen LogP contribution in [0.15, 0.2) is 60.8 Å². The number of rotatable bonds is 53. The van der Waals surface area contributed by atoms with Gasteiger partial charge < -0.3 is 14.2 Å². The molecule has 0 saturated carbocycles. The summed E-state index contributed by atoms with van der Waals surface area (Å²) in [4.78, 5) is 25.5. The number of ether oxygens (including phenoxy) is 3. The first-order valence-corrected chi connectivity index (χ1v) is 28.8. The fraction of sp³-hybridized carbons (Fsp3) is 0.803. The summed E-state index contributed by atoms with van der Waals surface area (Å²) in [7, 11) is 0. The number of hydrogen-bond donors (Lipinski definition) is 0. The summed E-state index contributed by atoms with van der Waals surface area (Å²) in [5.74, 6) is -0.396. The first kappa shape index (κ1) is 63.6. The highest BCUT2D eigenvalue weighted by atomic mass is 16.6. The number of carbonyl (C=O) groups is 2. The molecule has 66 heavy (non-hydrogen) atoms. The molecule has 0 amide bonds. The van der Waals surface area contributed by atoms with E-state index >= 15 is 0 Å². The Morgan fingerprint density at radius 1 is 0.348 bits per heavy atom. The molecule has 0 aliphatic rings. The molecule has 0 bridgehead atoms. The van der Waals surface area contributed by atoms with Crippen molar-refractivity contribution in [3.8, 4) is 0 Å². The third-order valence-electron chi connectivity index (χ3n) is 12.5. The summed E-state index contributed by atoms with van der Waals surface area (Å²) >= 11 is 0. The second-order valence-electron chi connectivity index (χ2n) is 19.2. The van der Waals surface area contributed by atoms with Crippen LogP contribution in [0.3, 0.4) is 0 Å². The van der Waals surface area contributed by atoms with Gasteiger partial charge in [0.15, 0.2) is 6.10 Å². The number of esters is 2. The first-order valence-electron chi connectivity index (χ1n) is 28.8. The van der Waals surface area contributed by atoms with E-state index in [0.717, 1.165) is 64.2 Å². The minimum Gasteiger partial charge on any atom is -0.462 e. The minimum absolute atomic E-state index is 0.0808. The molecule has 0 saturated heterocycles. The predicted octanol–water partition coefficient (Wildman–Crippen LogP) is 19.7. The van der Waals surface area contributed by atoms with Crippen molar-refractivity contribution in [3.63, 3.8) is 0 Å². The fourth-order valence-electron chi connectivity index (χ4n) is 8.26. The first-order chi connectivity index (χ1) is 32.6. The van der Waals surface area contributed by atoms with Crippen molar-refractivity contribution in [1.29, 1.82) is 0 Å². The van der Waals surface area contributed by atoms with Crippen LogP contribution in [0.25, 0.3) is 0 Å². The number of carbonyl (C=O) groups excluding carboxylic acids is 2. The second-order valence-corrected chi connectivity index (χ2v) is 19.2. The molecule has 0 spiro atoms. The molecule has 0 aliphatic carbocycles. The maximum atomic E-state index is 12.8. The molecule has 0 aromatic carbocycles. The van der Waals surface area contributed by atoms with Crippen molar-refractivity contribution in [2.75, 3.05) is 19.8 Å². The lowest BCUT2D eigenvalue weighted by molar-refractivity contribution is -0.163. The molecule has 0 aliphatic heterocycles. The van der Waals surface area contributed by atoms with Gasteiger partial charge in [-0.2, -0.15) is 0 Å². The standard InChI is InChI=1S/C61H110O5/c1-4-7-10-13-16-19-22-25-27-29-30-31-33-35-38-41-44-47-50-53-56-64-57-59(66-61(63)55-52-49-46-43-40-36-24-21-18-15-12-9-6-3)58-65-60(62)54-51-48-45-42-39-37-34-32-28-26-23-20-17-14-11-8-5-2/h7,10,16,19,25-28,30-31,59H,4-6,8-9,11-15,17-18,20-24,29,32-58H2,1-3H3/b10-7-,19-16-,27-25-,28-26-,31-30-. The van der Waals surface area contributed by atoms with Gasteiger partial charge in [0.1, 0.15) is 6.61 Å². The number of hydrogen-bond acceptors (Lipinski definition) is 5. The van der Waals surface area contributed by atoms with Gasteiger partial charge in [-0.15, -0.1) is 0 Å². The van der Waals surface area contributed by atoms with Crippen LogP contribution in [-0.4, -0.2) is 37.9 Å². The van der Waals surface area contributed by atoms with E-state index in [9.17, 15) is 9.59 Å². The third-order valence-corrected chi connectivity index (χ3v) is 12.5. The summed E-state index contributed by atoms with van der Waals surface area (Å²) in [6.07, 6.45) is 72.4. The monoisotopic (exact) mass is 923 g/mol. The van der Waals surface area contributed by atoms with Crippen LogP contribution in [-0.2, 0) is 23.8 Å². The third kappa shape index (κ3) is 54.2. The SMILES string of the molecule is CC/C=C\C/C=C\C/C=C\C/C=C\CCCCCCCCCOCC(COC(=O)CCCCCCCCC/C=C\CCCCCCCC)OC(=O)CCCCCCCCCCCCCCC. The Bertz CT molecular complexity index is 1130. The Labute approximate surface area is 411 Å². The molecule has 5 nitrogen and oxygen atoms in total. The Morgan fingerprint density at radius 3 is 1.11 bits per heavy atom. The Morgan fingerprint density at radius 2 is 0.682 bits per heavy atom. The van der Waals surface area contributed by atoms with E-state index in [1.807, 2.05) is 0 Å². The lowest BCUT2D eigenvalue weighted by Gasteiger charge is -2.18. The van der Waals surface area contributed by atoms with E-state index in [1.54, 1.807) is 0 Å². The van der Waals surface area contributed by atoms with Crippen molar-refractivity contribution in [1.82, 2.24) is 0 Å². The van der Waals surface area contributed by atoms with E-state index < -0.39 is 6.10 Å². The molecular formula is C61H110O5. The van der Waals surface area contributed by atoms with E-state index in [0.29, 0.717) is 19.4 Å². The summed E-state index contributed by atoms with van der Waals surface area (Å²) in [6.45, 7) is 7.72. The molecule has 0 rings (SSSR count). The van der Waals surface area contributed by atoms with Gasteiger partial charge in [0, 0.05) is 19.4 Å². The molecule has 1 unspecified atom stereocenters. The van der Waals surface area contributed by atoms with E-state index in [2.05, 4.69) is 81.5 Å². The van der Waals surface area contributed by atoms with Crippen LogP contribution in [0.4, 0.5) is 0 Å². The average Bonchev–Trinajstić information content (AvgIpc) is 3.32. The largest absolute Gasteiger partial charge is 0.462 e. The van der Waals surface area contributed by atoms with Gasteiger partial charge in [0.25, 0.3) is 0 Å². The van der Waals surface area contributed by atoms with E-state index in [-0.39, 0.29) is 25.2 Å². The van der Waals surface area contributed by atoms with Crippen molar-refractivity contribution in [2.24, 2.45) is 0 Å². The molecule has 0 aromatic rings. The highest BCUT2D eigenvalue weighted by Gasteiger charge is 2.17. The van der Waals surface area contributed by atoms with E-state index in [1.165, 1.54) is 193 Å². The molecule has 1 atom stereocenters. The number of allylic oxidation sites excluding steroid dienone is 10. The van der Waals surface area contributed by atoms with Crippen LogP contribution in [0, 0.1) is 0 Å². The highest BCUT2D eigenvalue weighted by Crippen LogP contribution is 2.16. The van der Waals surface area contributed by atoms with E-state index in [4.69, 9.17) is 14.2 Å². The lowest BCUT2D eigenvalue weighted by Crippen LogP contribution is -2.30. The highest BCUT2D eigenvalue weighted by molar-refractivity contribution is 5.70. The fourth-order valence-corrected chi connectivity index (χ4v) is 8.26. The van der Waals surface area contributed by atoms with Gasteiger partial charge in [-0.05, 0) is 83.5 Å². The van der Waals surface area contributed by atoms with Crippen LogP contribution in [0.1, 0.15) is 290 Å². The van der Waals surface area contributed by atoms with Crippen LogP contribution < -0.4 is 0 Å². The van der Waals surface area contributed by atoms with Gasteiger partial charge in [-0.1, -0.05) is 255 Å². The van der Waals surface area contributed by atoms with Gasteiger partial charge in [-0.25, -0.2) is 0 Å². The molecule has 0 N–H and O–H groups in total. The van der Waals surface area contributed by atoms with Crippen LogP contribution in [0.2, 0.25) is 0 Å². The summed E-state index contributed by atoms with van der Waals surface area (Å²) < 4.78 is 17.5. The normalized spacial score (nSPS) is 12.6. The van der Waals surface area contributed by atoms with Crippen LogP contribution >= 0.6 is 0 Å². The zero-order chi connectivity index (χ0) is 47.7. The Balaban J connectivity index is 4.26. The van der Waals surface area contributed by atoms with Gasteiger partial charge in [0.2, 0.25) is 0 Å². The second kappa shape index (κ2) is 56.9.